The molecule has 0 radical (unpaired) electrons. The monoisotopic (exact) mass is 262 g/mol. The Kier molecular flexibility index (Phi) is 5.52. The van der Waals surface area contributed by atoms with Crippen LogP contribution in [0.25, 0.3) is 0 Å². The van der Waals surface area contributed by atoms with Crippen molar-refractivity contribution in [3.8, 4) is 5.75 Å². The van der Waals surface area contributed by atoms with Crippen LogP contribution in [-0.4, -0.2) is 31.6 Å². The smallest absolute Gasteiger partial charge is 0.141 e. The maximum Gasteiger partial charge on any atom is 0.141 e. The molecule has 3 heteroatoms. The van der Waals surface area contributed by atoms with Gasteiger partial charge in [-0.3, -0.25) is 0 Å². The molecule has 0 spiro atoms. The zero-order valence-corrected chi connectivity index (χ0v) is 12.0. The van der Waals surface area contributed by atoms with Crippen LogP contribution in [0.15, 0.2) is 18.2 Å². The molecule has 0 aliphatic carbocycles. The number of benzene rings is 1. The number of nitrogens with two attached hydrogens (primary N) is 1. The van der Waals surface area contributed by atoms with Gasteiger partial charge in [0.15, 0.2) is 0 Å². The molecule has 0 saturated carbocycles. The van der Waals surface area contributed by atoms with E-state index in [-0.39, 0.29) is 0 Å². The van der Waals surface area contributed by atoms with E-state index >= 15 is 0 Å². The summed E-state index contributed by atoms with van der Waals surface area (Å²) < 4.78 is 5.17. The molecule has 3 nitrogen and oxygen atoms in total. The molecule has 2 rings (SSSR count). The Morgan fingerprint density at radius 3 is 2.63 bits per heavy atom. The summed E-state index contributed by atoms with van der Waals surface area (Å²) in [5, 5.41) is 0. The highest BCUT2D eigenvalue weighted by Gasteiger charge is 2.09. The van der Waals surface area contributed by atoms with Crippen LogP contribution in [0, 0.1) is 0 Å². The van der Waals surface area contributed by atoms with Crippen molar-refractivity contribution in [2.24, 2.45) is 0 Å². The molecule has 2 N–H and O–H groups in total. The van der Waals surface area contributed by atoms with E-state index in [2.05, 4.69) is 11.0 Å². The lowest BCUT2D eigenvalue weighted by Crippen LogP contribution is -2.30. The van der Waals surface area contributed by atoms with Gasteiger partial charge >= 0.3 is 0 Å². The van der Waals surface area contributed by atoms with Crippen molar-refractivity contribution < 1.29 is 4.74 Å². The quantitative estimate of drug-likeness (QED) is 0.632. The first kappa shape index (κ1) is 14.2. The van der Waals surface area contributed by atoms with Gasteiger partial charge in [0.1, 0.15) is 5.75 Å². The minimum absolute atomic E-state index is 0.746. The number of methoxy groups -OCH3 is 1. The Morgan fingerprint density at radius 1 is 1.16 bits per heavy atom. The maximum absolute atomic E-state index is 5.92. The third kappa shape index (κ3) is 4.43. The lowest BCUT2D eigenvalue weighted by atomic mass is 10.1. The van der Waals surface area contributed by atoms with Gasteiger partial charge in [-0.2, -0.15) is 0 Å². The van der Waals surface area contributed by atoms with Crippen LogP contribution < -0.4 is 10.5 Å². The largest absolute Gasteiger partial charge is 0.495 e. The Bertz CT molecular complexity index is 386. The van der Waals surface area contributed by atoms with Gasteiger partial charge in [-0.25, -0.2) is 0 Å². The van der Waals surface area contributed by atoms with Crippen molar-refractivity contribution in [1.82, 2.24) is 4.90 Å². The lowest BCUT2D eigenvalue weighted by molar-refractivity contribution is 0.225. The molecule has 1 saturated heterocycles. The molecule has 1 fully saturated rings. The van der Waals surface area contributed by atoms with Crippen LogP contribution in [0.1, 0.15) is 37.7 Å². The number of likely N-dealkylation sites (tertiary alicyclic amines) is 1. The van der Waals surface area contributed by atoms with Gasteiger partial charge < -0.3 is 15.4 Å². The van der Waals surface area contributed by atoms with E-state index in [4.69, 9.17) is 10.5 Å². The van der Waals surface area contributed by atoms with Gasteiger partial charge in [-0.1, -0.05) is 12.5 Å². The number of hydrogen-bond donors (Lipinski definition) is 1. The number of ether oxygens (including phenoxy) is 1. The molecule has 1 heterocycles. The van der Waals surface area contributed by atoms with E-state index in [0.717, 1.165) is 17.9 Å². The zero-order valence-electron chi connectivity index (χ0n) is 12.0. The van der Waals surface area contributed by atoms with Crippen LogP contribution in [0.2, 0.25) is 0 Å². The van der Waals surface area contributed by atoms with Crippen molar-refractivity contribution in [3.63, 3.8) is 0 Å². The highest BCUT2D eigenvalue weighted by atomic mass is 16.5. The van der Waals surface area contributed by atoms with Gasteiger partial charge in [-0.05, 0) is 69.4 Å². The summed E-state index contributed by atoms with van der Waals surface area (Å²) in [6.45, 7) is 3.86. The lowest BCUT2D eigenvalue weighted by Gasteiger charge is -2.26. The highest BCUT2D eigenvalue weighted by Crippen LogP contribution is 2.22. The molecule has 1 aliphatic rings. The average molecular weight is 262 g/mol. The van der Waals surface area contributed by atoms with Crippen molar-refractivity contribution in [2.45, 2.75) is 38.5 Å². The van der Waals surface area contributed by atoms with Gasteiger partial charge in [-0.15, -0.1) is 0 Å². The summed E-state index contributed by atoms with van der Waals surface area (Å²) >= 11 is 0. The molecule has 0 aromatic heterocycles. The molecule has 19 heavy (non-hydrogen) atoms. The minimum atomic E-state index is 0.746. The van der Waals surface area contributed by atoms with Crippen molar-refractivity contribution in [2.75, 3.05) is 32.5 Å². The normalized spacial score (nSPS) is 16.5. The number of nitrogen functional groups attached to an aromatic ring is 1. The number of unbranched alkanes of at least 4 members (excludes halogenated alkanes) is 1. The van der Waals surface area contributed by atoms with E-state index < -0.39 is 0 Å². The number of hydrogen-bond acceptors (Lipinski definition) is 3. The van der Waals surface area contributed by atoms with Gasteiger partial charge in [0.25, 0.3) is 0 Å². The second kappa shape index (κ2) is 7.39. The number of piperidine rings is 1. The number of rotatable bonds is 6. The SMILES string of the molecule is COc1ccc(CCCCN2CCCCC2)cc1N. The molecule has 1 aliphatic heterocycles. The Hall–Kier alpha value is -1.22. The first-order chi connectivity index (χ1) is 9.29. The summed E-state index contributed by atoms with van der Waals surface area (Å²) in [5.74, 6) is 0.775. The van der Waals surface area contributed by atoms with Gasteiger partial charge in [0, 0.05) is 0 Å². The van der Waals surface area contributed by atoms with Crippen LogP contribution >= 0.6 is 0 Å². The standard InChI is InChI=1S/C16H26N2O/c1-19-16-9-8-14(13-15(16)17)7-3-6-12-18-10-4-2-5-11-18/h8-9,13H,2-7,10-12,17H2,1H3. The molecule has 106 valence electrons. The topological polar surface area (TPSA) is 38.5 Å². The Morgan fingerprint density at radius 2 is 1.95 bits per heavy atom. The molecule has 1 aromatic rings. The Labute approximate surface area is 116 Å². The number of anilines is 1. The second-order valence-corrected chi connectivity index (χ2v) is 5.44. The molecule has 1 aromatic carbocycles. The average Bonchev–Trinajstić information content (AvgIpc) is 2.45. The fourth-order valence-corrected chi connectivity index (χ4v) is 2.79. The Balaban J connectivity index is 1.69. The molecule has 0 bridgehead atoms. The summed E-state index contributed by atoms with van der Waals surface area (Å²) in [6.07, 6.45) is 7.82. The maximum atomic E-state index is 5.92. The van der Waals surface area contributed by atoms with E-state index in [1.165, 1.54) is 57.3 Å². The van der Waals surface area contributed by atoms with E-state index in [9.17, 15) is 0 Å². The van der Waals surface area contributed by atoms with E-state index in [0.29, 0.717) is 0 Å². The van der Waals surface area contributed by atoms with E-state index in [1.54, 1.807) is 7.11 Å². The molecular formula is C16H26N2O. The van der Waals surface area contributed by atoms with Gasteiger partial charge in [0.05, 0.1) is 12.8 Å². The zero-order chi connectivity index (χ0) is 13.5. The summed E-state index contributed by atoms with van der Waals surface area (Å²) in [4.78, 5) is 2.60. The third-order valence-corrected chi connectivity index (χ3v) is 3.93. The second-order valence-electron chi connectivity index (χ2n) is 5.44. The van der Waals surface area contributed by atoms with Crippen molar-refractivity contribution in [3.05, 3.63) is 23.8 Å². The van der Waals surface area contributed by atoms with E-state index in [1.807, 2.05) is 12.1 Å². The summed E-state index contributed by atoms with van der Waals surface area (Å²) in [7, 11) is 1.66. The van der Waals surface area contributed by atoms with Crippen LogP contribution in [0.3, 0.4) is 0 Å². The van der Waals surface area contributed by atoms with Gasteiger partial charge in [0.2, 0.25) is 0 Å². The molecular weight excluding hydrogens is 236 g/mol. The van der Waals surface area contributed by atoms with Crippen LogP contribution in [-0.2, 0) is 6.42 Å². The predicted molar refractivity (Wildman–Crippen MR) is 80.6 cm³/mol. The highest BCUT2D eigenvalue weighted by molar-refractivity contribution is 5.54. The summed E-state index contributed by atoms with van der Waals surface area (Å²) in [6, 6.07) is 6.13. The van der Waals surface area contributed by atoms with Crippen molar-refractivity contribution in [1.29, 1.82) is 0 Å². The number of nitrogens with zero attached hydrogens (tertiary/aromatic N) is 1. The fraction of sp³-hybridized carbons (Fsp3) is 0.625. The first-order valence-corrected chi connectivity index (χ1v) is 7.44. The summed E-state index contributed by atoms with van der Waals surface area (Å²) in [5.41, 5.74) is 7.98. The molecule has 0 amide bonds. The minimum Gasteiger partial charge on any atom is -0.495 e. The van der Waals surface area contributed by atoms with Crippen molar-refractivity contribution >= 4 is 5.69 Å². The first-order valence-electron chi connectivity index (χ1n) is 7.44. The molecule has 0 atom stereocenters. The third-order valence-electron chi connectivity index (χ3n) is 3.93. The predicted octanol–water partition coefficient (Wildman–Crippen LogP) is 3.09. The fourth-order valence-electron chi connectivity index (χ4n) is 2.79. The number of aryl methyl sites for hydroxylation is 1. The van der Waals surface area contributed by atoms with Crippen LogP contribution in [0.5, 0.6) is 5.75 Å². The van der Waals surface area contributed by atoms with Crippen LogP contribution in [0.4, 0.5) is 5.69 Å². The molecule has 0 unspecified atom stereocenters.